The molecule has 0 N–H and O–H groups in total. The number of allylic oxidation sites excluding steroid dienone is 2. The fourth-order valence-electron chi connectivity index (χ4n) is 5.18. The highest BCUT2D eigenvalue weighted by Crippen LogP contribution is 2.52. The first kappa shape index (κ1) is 22.8. The molecular formula is C30H28N2O3. The highest BCUT2D eigenvalue weighted by molar-refractivity contribution is 5.80. The first-order valence-corrected chi connectivity index (χ1v) is 11.9. The molecule has 0 saturated heterocycles. The van der Waals surface area contributed by atoms with Gasteiger partial charge in [-0.2, -0.15) is 0 Å². The Hall–Kier alpha value is -3.99. The van der Waals surface area contributed by atoms with Gasteiger partial charge in [-0.15, -0.1) is 0 Å². The fourth-order valence-corrected chi connectivity index (χ4v) is 5.18. The lowest BCUT2D eigenvalue weighted by Gasteiger charge is -2.45. The number of pyridine rings is 1. The number of hydrogen-bond acceptors (Lipinski definition) is 5. The second-order valence-corrected chi connectivity index (χ2v) is 9.18. The Morgan fingerprint density at radius 1 is 1.03 bits per heavy atom. The van der Waals surface area contributed by atoms with Crippen molar-refractivity contribution in [1.82, 2.24) is 4.98 Å². The Kier molecular flexibility index (Phi) is 6.08. The number of ether oxygens (including phenoxy) is 2. The van der Waals surface area contributed by atoms with Gasteiger partial charge in [0.25, 0.3) is 0 Å². The second kappa shape index (κ2) is 9.34. The lowest BCUT2D eigenvalue weighted by molar-refractivity contribution is 0.150. The van der Waals surface area contributed by atoms with E-state index in [2.05, 4.69) is 38.1 Å². The first-order chi connectivity index (χ1) is 17.0. The van der Waals surface area contributed by atoms with Gasteiger partial charge in [-0.25, -0.2) is 9.78 Å². The van der Waals surface area contributed by atoms with Crippen molar-refractivity contribution in [1.29, 1.82) is 0 Å². The zero-order valence-corrected chi connectivity index (χ0v) is 20.2. The molecule has 0 radical (unpaired) electrons. The van der Waals surface area contributed by atoms with Gasteiger partial charge in [0.05, 0.1) is 5.69 Å². The minimum absolute atomic E-state index is 0.205. The van der Waals surface area contributed by atoms with Crippen molar-refractivity contribution in [2.45, 2.75) is 39.2 Å². The Labute approximate surface area is 205 Å². The second-order valence-electron chi connectivity index (χ2n) is 9.18. The molecule has 2 unspecified atom stereocenters. The van der Waals surface area contributed by atoms with E-state index >= 15 is 0 Å². The van der Waals surface area contributed by atoms with Crippen LogP contribution in [0.4, 0.5) is 4.79 Å². The maximum absolute atomic E-state index is 12.4. The summed E-state index contributed by atoms with van der Waals surface area (Å²) in [6.45, 7) is 6.23. The Balaban J connectivity index is 1.47. The van der Waals surface area contributed by atoms with Crippen LogP contribution in [0, 0.1) is 12.8 Å². The molecular weight excluding hydrogens is 436 g/mol. The minimum atomic E-state index is -0.806. The largest absolute Gasteiger partial charge is 0.520 e. The molecule has 0 fully saturated rings. The molecule has 0 saturated carbocycles. The van der Waals surface area contributed by atoms with Gasteiger partial charge in [0.15, 0.2) is 0 Å². The van der Waals surface area contributed by atoms with Crippen molar-refractivity contribution in [2.24, 2.45) is 10.9 Å². The van der Waals surface area contributed by atoms with Crippen LogP contribution in [0.15, 0.2) is 95.0 Å². The van der Waals surface area contributed by atoms with Crippen LogP contribution in [-0.4, -0.2) is 17.4 Å². The molecule has 0 amide bonds. The predicted molar refractivity (Wildman–Crippen MR) is 137 cm³/mol. The van der Waals surface area contributed by atoms with Crippen LogP contribution in [0.5, 0.6) is 11.6 Å². The molecule has 2 bridgehead atoms. The van der Waals surface area contributed by atoms with Gasteiger partial charge in [-0.3, -0.25) is 4.99 Å². The summed E-state index contributed by atoms with van der Waals surface area (Å²) in [5.41, 5.74) is 6.18. The van der Waals surface area contributed by atoms with Crippen molar-refractivity contribution in [2.75, 3.05) is 0 Å². The number of aromatic nitrogens is 1. The number of hydrogen-bond donors (Lipinski definition) is 0. The number of benzene rings is 2. The molecule has 2 aliphatic rings. The van der Waals surface area contributed by atoms with E-state index in [1.54, 1.807) is 18.2 Å². The van der Waals surface area contributed by atoms with E-state index in [9.17, 15) is 4.79 Å². The van der Waals surface area contributed by atoms with Gasteiger partial charge in [0.2, 0.25) is 5.88 Å². The van der Waals surface area contributed by atoms with E-state index in [1.165, 1.54) is 11.1 Å². The zero-order valence-electron chi connectivity index (χ0n) is 20.2. The van der Waals surface area contributed by atoms with Gasteiger partial charge in [0.1, 0.15) is 11.3 Å². The topological polar surface area (TPSA) is 60.8 Å². The molecule has 0 spiro atoms. The monoisotopic (exact) mass is 464 g/mol. The summed E-state index contributed by atoms with van der Waals surface area (Å²) in [4.78, 5) is 22.3. The molecule has 0 aliphatic heterocycles. The number of fused-ring (bicyclic) bond motifs is 4. The number of carbonyl (C=O) groups excluding carboxylic acids is 1. The van der Waals surface area contributed by atoms with Crippen LogP contribution in [0.1, 0.15) is 42.7 Å². The van der Waals surface area contributed by atoms with Crippen LogP contribution in [-0.2, 0) is 12.0 Å². The number of rotatable bonds is 4. The van der Waals surface area contributed by atoms with Crippen molar-refractivity contribution < 1.29 is 14.3 Å². The van der Waals surface area contributed by atoms with Gasteiger partial charge < -0.3 is 9.47 Å². The molecule has 5 nitrogen and oxygen atoms in total. The van der Waals surface area contributed by atoms with E-state index in [4.69, 9.17) is 19.5 Å². The molecule has 2 aliphatic carbocycles. The van der Waals surface area contributed by atoms with E-state index in [0.717, 1.165) is 35.2 Å². The molecule has 3 aromatic rings. The highest BCUT2D eigenvalue weighted by Gasteiger charge is 2.46. The van der Waals surface area contributed by atoms with Crippen LogP contribution in [0.25, 0.3) is 0 Å². The number of aliphatic imine (C=N–C) groups is 1. The third-order valence-corrected chi connectivity index (χ3v) is 6.66. The average molecular weight is 465 g/mol. The third-order valence-electron chi connectivity index (χ3n) is 6.66. The molecule has 2 atom stereocenters. The first-order valence-electron chi connectivity index (χ1n) is 11.9. The van der Waals surface area contributed by atoms with Gasteiger partial charge in [-0.1, -0.05) is 65.8 Å². The van der Waals surface area contributed by atoms with Crippen molar-refractivity contribution in [3.63, 3.8) is 0 Å². The summed E-state index contributed by atoms with van der Waals surface area (Å²) < 4.78 is 10.7. The maximum atomic E-state index is 12.4. The average Bonchev–Trinajstić information content (AvgIpc) is 2.84. The summed E-state index contributed by atoms with van der Waals surface area (Å²) in [6.07, 6.45) is 7.18. The predicted octanol–water partition coefficient (Wildman–Crippen LogP) is 6.75. The van der Waals surface area contributed by atoms with Crippen molar-refractivity contribution in [3.8, 4) is 11.6 Å². The number of carbonyl (C=O) groups is 1. The van der Waals surface area contributed by atoms with E-state index in [1.807, 2.05) is 49.5 Å². The zero-order chi connectivity index (χ0) is 24.4. The molecule has 2 aromatic carbocycles. The van der Waals surface area contributed by atoms with Gasteiger partial charge in [-0.05, 0) is 50.1 Å². The molecule has 1 heterocycles. The Morgan fingerprint density at radius 2 is 1.80 bits per heavy atom. The molecule has 5 heteroatoms. The highest BCUT2D eigenvalue weighted by atomic mass is 16.7. The van der Waals surface area contributed by atoms with Crippen molar-refractivity contribution >= 4 is 12.4 Å². The Morgan fingerprint density at radius 3 is 2.54 bits per heavy atom. The fraction of sp³-hybridized carbons (Fsp3) is 0.233. The summed E-state index contributed by atoms with van der Waals surface area (Å²) in [6, 6.07) is 21.1. The maximum Gasteiger partial charge on any atom is 0.520 e. The standard InChI is InChI=1S/C30H28N2O3/c1-4-25-23-16-21(3)18-30(25,31-19-22-8-6-5-7-9-22)26-14-15-28(32-27(26)17-23)35-29(33)34-24-12-10-20(2)11-13-24/h4-16,19,23H,17-18H2,1-3H3. The smallest absolute Gasteiger partial charge is 0.395 e. The Bertz CT molecular complexity index is 1340. The minimum Gasteiger partial charge on any atom is -0.395 e. The summed E-state index contributed by atoms with van der Waals surface area (Å²) in [5, 5.41) is 0. The van der Waals surface area contributed by atoms with E-state index < -0.39 is 11.7 Å². The third kappa shape index (κ3) is 4.54. The van der Waals surface area contributed by atoms with Crippen LogP contribution in [0.2, 0.25) is 0 Å². The lowest BCUT2D eigenvalue weighted by Crippen LogP contribution is -2.40. The summed E-state index contributed by atoms with van der Waals surface area (Å²) in [7, 11) is 0. The molecule has 176 valence electrons. The molecule has 35 heavy (non-hydrogen) atoms. The van der Waals surface area contributed by atoms with Gasteiger partial charge >= 0.3 is 6.16 Å². The number of nitrogens with zero attached hydrogens (tertiary/aromatic N) is 2. The quantitative estimate of drug-likeness (QED) is 0.185. The summed E-state index contributed by atoms with van der Waals surface area (Å²) >= 11 is 0. The molecule has 5 rings (SSSR count). The van der Waals surface area contributed by atoms with Crippen molar-refractivity contribution in [3.05, 3.63) is 112 Å². The molecule has 1 aromatic heterocycles. The summed E-state index contributed by atoms with van der Waals surface area (Å²) in [5.74, 6) is 0.864. The van der Waals surface area contributed by atoms with Gasteiger partial charge in [0, 0.05) is 36.6 Å². The lowest BCUT2D eigenvalue weighted by atomic mass is 9.63. The normalized spacial score (nSPS) is 22.0. The van der Waals surface area contributed by atoms with E-state index in [0.29, 0.717) is 5.75 Å². The number of aryl methyl sites for hydroxylation is 1. The van der Waals surface area contributed by atoms with E-state index in [-0.39, 0.29) is 11.8 Å². The van der Waals surface area contributed by atoms with Crippen LogP contribution < -0.4 is 9.47 Å². The van der Waals surface area contributed by atoms with Crippen LogP contribution in [0.3, 0.4) is 0 Å². The SMILES string of the molecule is CC=C1C2C=C(C)CC1(N=Cc1ccccc1)c1ccc(OC(=O)Oc3ccc(C)cc3)nc1C2. The van der Waals surface area contributed by atoms with Crippen LogP contribution >= 0.6 is 0 Å².